The number of fused-ring (bicyclic) bond motifs is 2. The molecule has 176 valence electrons. The monoisotopic (exact) mass is 458 g/mol. The van der Waals surface area contributed by atoms with Crippen LogP contribution in [0.3, 0.4) is 0 Å². The highest BCUT2D eigenvalue weighted by Crippen LogP contribution is 2.26. The van der Waals surface area contributed by atoms with Gasteiger partial charge in [-0.1, -0.05) is 26.0 Å². The van der Waals surface area contributed by atoms with E-state index in [-0.39, 0.29) is 12.2 Å². The second kappa shape index (κ2) is 8.70. The molecule has 8 nitrogen and oxygen atoms in total. The Morgan fingerprint density at radius 3 is 2.82 bits per heavy atom. The minimum Gasteiger partial charge on any atom is -0.395 e. The van der Waals surface area contributed by atoms with Crippen LogP contribution < -0.4 is 16.2 Å². The summed E-state index contributed by atoms with van der Waals surface area (Å²) in [5.41, 5.74) is 4.52. The number of rotatable bonds is 6. The fraction of sp³-hybridized carbons (Fsp3) is 0.346. The predicted molar refractivity (Wildman–Crippen MR) is 134 cm³/mol. The van der Waals surface area contributed by atoms with Crippen molar-refractivity contribution in [1.29, 1.82) is 0 Å². The standard InChI is InChI=1S/C26H30N6O2/c1-4-31-25(34)20-15-28-23(29-19-9-8-17-10-11-27-14-18(17)12-19)13-21(20)32(31)24-7-5-6-22(30-24)26(2,3)16-33/h5-9,12-13,15,27,33H,4,10-11,14,16H2,1-3H3,(H,28,29). The molecule has 1 aromatic carbocycles. The Hall–Kier alpha value is -3.49. The normalized spacial score (nSPS) is 13.8. The van der Waals surface area contributed by atoms with E-state index in [1.54, 1.807) is 10.9 Å². The van der Waals surface area contributed by atoms with E-state index in [9.17, 15) is 9.90 Å². The number of aromatic nitrogens is 4. The first kappa shape index (κ1) is 22.3. The van der Waals surface area contributed by atoms with Gasteiger partial charge in [0.1, 0.15) is 5.82 Å². The lowest BCUT2D eigenvalue weighted by molar-refractivity contribution is 0.215. The van der Waals surface area contributed by atoms with E-state index < -0.39 is 5.41 Å². The lowest BCUT2D eigenvalue weighted by atomic mass is 9.90. The van der Waals surface area contributed by atoms with Gasteiger partial charge in [0.05, 0.1) is 23.2 Å². The first-order valence-electron chi connectivity index (χ1n) is 11.7. The summed E-state index contributed by atoms with van der Waals surface area (Å²) in [7, 11) is 0. The highest BCUT2D eigenvalue weighted by molar-refractivity contribution is 5.82. The molecule has 5 rings (SSSR count). The summed E-state index contributed by atoms with van der Waals surface area (Å²) in [6.07, 6.45) is 2.67. The first-order chi connectivity index (χ1) is 16.4. The quantitative estimate of drug-likeness (QED) is 0.410. The number of aliphatic hydroxyl groups is 1. The second-order valence-electron chi connectivity index (χ2n) is 9.38. The van der Waals surface area contributed by atoms with Gasteiger partial charge in [0.2, 0.25) is 0 Å². The molecule has 0 radical (unpaired) electrons. The van der Waals surface area contributed by atoms with Gasteiger partial charge in [-0.15, -0.1) is 0 Å². The molecule has 34 heavy (non-hydrogen) atoms. The minimum absolute atomic E-state index is 0.0231. The van der Waals surface area contributed by atoms with Gasteiger partial charge < -0.3 is 15.7 Å². The van der Waals surface area contributed by atoms with Crippen LogP contribution in [0.25, 0.3) is 16.7 Å². The third-order valence-electron chi connectivity index (χ3n) is 6.52. The van der Waals surface area contributed by atoms with Crippen LogP contribution >= 0.6 is 0 Å². The van der Waals surface area contributed by atoms with Crippen LogP contribution in [0.1, 0.15) is 37.6 Å². The Kier molecular flexibility index (Phi) is 5.71. The molecule has 0 fully saturated rings. The number of nitrogens with zero attached hydrogens (tertiary/aromatic N) is 4. The molecule has 0 saturated heterocycles. The number of anilines is 2. The molecular weight excluding hydrogens is 428 g/mol. The smallest absolute Gasteiger partial charge is 0.276 e. The minimum atomic E-state index is -0.494. The lowest BCUT2D eigenvalue weighted by Gasteiger charge is -2.22. The van der Waals surface area contributed by atoms with E-state index in [0.717, 1.165) is 36.4 Å². The van der Waals surface area contributed by atoms with Gasteiger partial charge in [0, 0.05) is 36.5 Å². The number of hydrogen-bond acceptors (Lipinski definition) is 6. The van der Waals surface area contributed by atoms with Crippen molar-refractivity contribution >= 4 is 22.4 Å². The third-order valence-corrected chi connectivity index (χ3v) is 6.52. The molecule has 0 aliphatic carbocycles. The molecule has 8 heteroatoms. The fourth-order valence-corrected chi connectivity index (χ4v) is 4.45. The maximum Gasteiger partial charge on any atom is 0.276 e. The van der Waals surface area contributed by atoms with Gasteiger partial charge in [-0.3, -0.25) is 4.79 Å². The van der Waals surface area contributed by atoms with Crippen molar-refractivity contribution in [2.24, 2.45) is 0 Å². The summed E-state index contributed by atoms with van der Waals surface area (Å²) in [6.45, 7) is 8.16. The lowest BCUT2D eigenvalue weighted by Crippen LogP contribution is -2.25. The third kappa shape index (κ3) is 3.89. The van der Waals surface area contributed by atoms with E-state index in [1.165, 1.54) is 11.1 Å². The molecule has 4 aromatic rings. The van der Waals surface area contributed by atoms with Crippen LogP contribution in [0.15, 0.2) is 53.5 Å². The molecular formula is C26H30N6O2. The van der Waals surface area contributed by atoms with Crippen molar-refractivity contribution in [3.05, 3.63) is 75.8 Å². The summed E-state index contributed by atoms with van der Waals surface area (Å²) in [6, 6.07) is 14.0. The van der Waals surface area contributed by atoms with E-state index in [2.05, 4.69) is 33.8 Å². The Bertz CT molecular complexity index is 1420. The molecule has 0 amide bonds. The zero-order valence-electron chi connectivity index (χ0n) is 19.8. The van der Waals surface area contributed by atoms with Gasteiger partial charge in [-0.05, 0) is 55.3 Å². The van der Waals surface area contributed by atoms with E-state index >= 15 is 0 Å². The average molecular weight is 459 g/mol. The van der Waals surface area contributed by atoms with Crippen LogP contribution in [-0.4, -0.2) is 37.6 Å². The van der Waals surface area contributed by atoms with Crippen LogP contribution in [-0.2, 0) is 24.9 Å². The molecule has 1 aliphatic heterocycles. The number of aliphatic hydroxyl groups excluding tert-OH is 1. The fourth-order valence-electron chi connectivity index (χ4n) is 4.45. The second-order valence-corrected chi connectivity index (χ2v) is 9.38. The Morgan fingerprint density at radius 1 is 1.18 bits per heavy atom. The first-order valence-corrected chi connectivity index (χ1v) is 11.7. The zero-order valence-corrected chi connectivity index (χ0v) is 19.8. The number of benzene rings is 1. The highest BCUT2D eigenvalue weighted by Gasteiger charge is 2.23. The van der Waals surface area contributed by atoms with Crippen molar-refractivity contribution in [2.45, 2.75) is 45.7 Å². The zero-order chi connectivity index (χ0) is 23.9. The number of nitrogens with one attached hydrogen (secondary N) is 2. The Labute approximate surface area is 198 Å². The van der Waals surface area contributed by atoms with Crippen LogP contribution in [0.2, 0.25) is 0 Å². The van der Waals surface area contributed by atoms with Gasteiger partial charge in [0.15, 0.2) is 5.82 Å². The van der Waals surface area contributed by atoms with Gasteiger partial charge in [-0.25, -0.2) is 19.3 Å². The van der Waals surface area contributed by atoms with E-state index in [1.807, 2.05) is 49.7 Å². The molecule has 1 aliphatic rings. The van der Waals surface area contributed by atoms with Crippen molar-refractivity contribution in [2.75, 3.05) is 18.5 Å². The molecule has 4 heterocycles. The topological polar surface area (TPSA) is 97.0 Å². The SMILES string of the molecule is CCn1c(=O)c2cnc(Nc3ccc4c(c3)CNCC4)cc2n1-c1cccc(C(C)(C)CO)n1. The molecule has 0 bridgehead atoms. The molecule has 0 spiro atoms. The molecule has 0 saturated carbocycles. The highest BCUT2D eigenvalue weighted by atomic mass is 16.3. The molecule has 3 N–H and O–H groups in total. The Morgan fingerprint density at radius 2 is 2.03 bits per heavy atom. The maximum absolute atomic E-state index is 13.1. The van der Waals surface area contributed by atoms with Gasteiger partial charge in [-0.2, -0.15) is 0 Å². The van der Waals surface area contributed by atoms with Crippen molar-refractivity contribution in [1.82, 2.24) is 24.6 Å². The van der Waals surface area contributed by atoms with Gasteiger partial charge in [0.25, 0.3) is 5.56 Å². The summed E-state index contributed by atoms with van der Waals surface area (Å²) in [5.74, 6) is 1.29. The average Bonchev–Trinajstić information content (AvgIpc) is 3.14. The van der Waals surface area contributed by atoms with E-state index in [4.69, 9.17) is 4.98 Å². The summed E-state index contributed by atoms with van der Waals surface area (Å²) < 4.78 is 3.51. The van der Waals surface area contributed by atoms with Gasteiger partial charge >= 0.3 is 0 Å². The largest absolute Gasteiger partial charge is 0.395 e. The van der Waals surface area contributed by atoms with Crippen molar-refractivity contribution < 1.29 is 5.11 Å². The summed E-state index contributed by atoms with van der Waals surface area (Å²) in [4.78, 5) is 22.5. The van der Waals surface area contributed by atoms with Crippen LogP contribution in [0, 0.1) is 0 Å². The van der Waals surface area contributed by atoms with E-state index in [0.29, 0.717) is 23.6 Å². The van der Waals surface area contributed by atoms with Crippen LogP contribution in [0.4, 0.5) is 11.5 Å². The van der Waals surface area contributed by atoms with Crippen molar-refractivity contribution in [3.63, 3.8) is 0 Å². The van der Waals surface area contributed by atoms with Crippen LogP contribution in [0.5, 0.6) is 0 Å². The number of pyridine rings is 2. The van der Waals surface area contributed by atoms with Crippen molar-refractivity contribution in [3.8, 4) is 5.82 Å². The summed E-state index contributed by atoms with van der Waals surface area (Å²) >= 11 is 0. The molecule has 0 unspecified atom stereocenters. The predicted octanol–water partition coefficient (Wildman–Crippen LogP) is 3.26. The Balaban J connectivity index is 1.60. The summed E-state index contributed by atoms with van der Waals surface area (Å²) in [5, 5.41) is 17.2. The number of hydrogen-bond donors (Lipinski definition) is 3. The maximum atomic E-state index is 13.1. The molecule has 0 atom stereocenters. The molecule has 3 aromatic heterocycles.